The normalized spacial score (nSPS) is 11.3. The number of anilines is 1. The van der Waals surface area contributed by atoms with Gasteiger partial charge < -0.3 is 11.1 Å². The van der Waals surface area contributed by atoms with Gasteiger partial charge in [-0.3, -0.25) is 9.59 Å². The van der Waals surface area contributed by atoms with Crippen LogP contribution < -0.4 is 16.6 Å². The third-order valence-corrected chi connectivity index (χ3v) is 2.53. The predicted octanol–water partition coefficient (Wildman–Crippen LogP) is 0.465. The van der Waals surface area contributed by atoms with Crippen molar-refractivity contribution >= 4 is 27.5 Å². The zero-order valence-electron chi connectivity index (χ0n) is 8.79. The van der Waals surface area contributed by atoms with E-state index < -0.39 is 24.2 Å². The quantitative estimate of drug-likeness (QED) is 0.840. The molecule has 0 aliphatic carbocycles. The van der Waals surface area contributed by atoms with E-state index >= 15 is 0 Å². The summed E-state index contributed by atoms with van der Waals surface area (Å²) in [5.41, 5.74) is 4.01. The Morgan fingerprint density at radius 1 is 1.56 bits per heavy atom. The third-order valence-electron chi connectivity index (χ3n) is 1.77. The Hall–Kier alpha value is -1.58. The van der Waals surface area contributed by atoms with Gasteiger partial charge in [-0.1, -0.05) is 0 Å². The molecule has 0 fully saturated rings. The molecular formula is C8H8BrF3N4O2. The van der Waals surface area contributed by atoms with E-state index in [2.05, 4.69) is 26.3 Å². The smallest absolute Gasteiger partial charge is 0.374 e. The fourth-order valence-corrected chi connectivity index (χ4v) is 1.50. The number of nitrogens with zero attached hydrogens (tertiary/aromatic N) is 2. The fraction of sp³-hybridized carbons (Fsp3) is 0.375. The van der Waals surface area contributed by atoms with E-state index in [0.29, 0.717) is 0 Å². The van der Waals surface area contributed by atoms with Gasteiger partial charge in [0, 0.05) is 0 Å². The van der Waals surface area contributed by atoms with E-state index in [-0.39, 0.29) is 21.4 Å². The predicted molar refractivity (Wildman–Crippen MR) is 59.9 cm³/mol. The van der Waals surface area contributed by atoms with Gasteiger partial charge in [0.1, 0.15) is 11.0 Å². The number of nitrogens with one attached hydrogen (secondary N) is 1. The van der Waals surface area contributed by atoms with Crippen LogP contribution in [0.4, 0.5) is 18.9 Å². The molecule has 0 unspecified atom stereocenters. The van der Waals surface area contributed by atoms with Crippen LogP contribution in [0.1, 0.15) is 0 Å². The molecule has 10 heteroatoms. The second-order valence-corrected chi connectivity index (χ2v) is 4.06. The molecule has 1 aromatic rings. The summed E-state index contributed by atoms with van der Waals surface area (Å²) in [5, 5.41) is 5.81. The van der Waals surface area contributed by atoms with Crippen LogP contribution in [0.5, 0.6) is 0 Å². The van der Waals surface area contributed by atoms with Crippen molar-refractivity contribution in [2.45, 2.75) is 12.7 Å². The van der Waals surface area contributed by atoms with Gasteiger partial charge in [0.05, 0.1) is 18.4 Å². The molecule has 100 valence electrons. The maximum absolute atomic E-state index is 12.1. The van der Waals surface area contributed by atoms with Gasteiger partial charge in [-0.2, -0.15) is 18.3 Å². The van der Waals surface area contributed by atoms with Crippen molar-refractivity contribution in [2.75, 3.05) is 11.9 Å². The van der Waals surface area contributed by atoms with Gasteiger partial charge in [-0.25, -0.2) is 4.68 Å². The number of aromatic nitrogens is 2. The molecule has 0 spiro atoms. The number of alkyl halides is 3. The zero-order valence-corrected chi connectivity index (χ0v) is 10.4. The van der Waals surface area contributed by atoms with Crippen LogP contribution in [0.25, 0.3) is 0 Å². The lowest BCUT2D eigenvalue weighted by atomic mass is 10.4. The van der Waals surface area contributed by atoms with Gasteiger partial charge in [0.2, 0.25) is 5.91 Å². The Balaban J connectivity index is 2.98. The molecule has 1 rings (SSSR count). The number of nitrogens with two attached hydrogens (primary N) is 1. The maximum Gasteiger partial charge on any atom is 0.408 e. The number of amides is 1. The van der Waals surface area contributed by atoms with E-state index in [1.807, 2.05) is 0 Å². The average molecular weight is 329 g/mol. The first-order chi connectivity index (χ1) is 8.20. The minimum atomic E-state index is -4.54. The van der Waals surface area contributed by atoms with Crippen LogP contribution in [-0.4, -0.2) is 28.4 Å². The van der Waals surface area contributed by atoms with Crippen molar-refractivity contribution < 1.29 is 18.0 Å². The lowest BCUT2D eigenvalue weighted by Crippen LogP contribution is -2.31. The van der Waals surface area contributed by atoms with Crippen molar-refractivity contribution in [1.82, 2.24) is 9.78 Å². The highest BCUT2D eigenvalue weighted by Gasteiger charge is 2.29. The van der Waals surface area contributed by atoms with Gasteiger partial charge in [0.25, 0.3) is 5.56 Å². The van der Waals surface area contributed by atoms with E-state index in [0.717, 1.165) is 6.20 Å². The molecule has 1 amide bonds. The minimum Gasteiger partial charge on any atom is -0.374 e. The lowest BCUT2D eigenvalue weighted by molar-refractivity contribution is -0.143. The van der Waals surface area contributed by atoms with Crippen LogP contribution in [0.3, 0.4) is 0 Å². The summed E-state index contributed by atoms with van der Waals surface area (Å²) in [7, 11) is 0. The molecule has 3 N–H and O–H groups in total. The summed E-state index contributed by atoms with van der Waals surface area (Å²) < 4.78 is 36.5. The van der Waals surface area contributed by atoms with Gasteiger partial charge in [-0.15, -0.1) is 0 Å². The second-order valence-electron chi connectivity index (χ2n) is 3.27. The number of hydrogen-bond donors (Lipinski definition) is 2. The van der Waals surface area contributed by atoms with Crippen molar-refractivity contribution in [3.05, 3.63) is 21.0 Å². The molecule has 0 saturated heterocycles. The molecule has 1 aromatic heterocycles. The second kappa shape index (κ2) is 5.38. The number of rotatable bonds is 4. The first kappa shape index (κ1) is 14.5. The summed E-state index contributed by atoms with van der Waals surface area (Å²) in [5.74, 6) is -0.679. The Morgan fingerprint density at radius 3 is 2.67 bits per heavy atom. The van der Waals surface area contributed by atoms with Gasteiger partial charge in [-0.05, 0) is 15.9 Å². The van der Waals surface area contributed by atoms with E-state index in [4.69, 9.17) is 5.73 Å². The third kappa shape index (κ3) is 4.02. The summed E-state index contributed by atoms with van der Waals surface area (Å²) in [6.45, 7) is -1.75. The summed E-state index contributed by atoms with van der Waals surface area (Å²) in [6, 6.07) is 0. The number of halogens is 4. The maximum atomic E-state index is 12.1. The van der Waals surface area contributed by atoms with Crippen molar-refractivity contribution in [3.8, 4) is 0 Å². The topological polar surface area (TPSA) is 90.0 Å². The Morgan fingerprint density at radius 2 is 2.17 bits per heavy atom. The number of hydrogen-bond acceptors (Lipinski definition) is 4. The van der Waals surface area contributed by atoms with E-state index in [9.17, 15) is 22.8 Å². The molecule has 6 nitrogen and oxygen atoms in total. The Labute approximate surface area is 107 Å². The molecule has 18 heavy (non-hydrogen) atoms. The molecule has 1 heterocycles. The average Bonchev–Trinajstić information content (AvgIpc) is 2.22. The zero-order chi connectivity index (χ0) is 13.9. The van der Waals surface area contributed by atoms with Crippen molar-refractivity contribution in [2.24, 2.45) is 5.73 Å². The molecule has 0 aliphatic heterocycles. The first-order valence-electron chi connectivity index (χ1n) is 4.55. The molecule has 0 bridgehead atoms. The summed E-state index contributed by atoms with van der Waals surface area (Å²) >= 11 is 2.83. The largest absolute Gasteiger partial charge is 0.408 e. The number of carbonyl (C=O) groups excluding carboxylic acids is 1. The van der Waals surface area contributed by atoms with Crippen LogP contribution in [-0.2, 0) is 11.3 Å². The van der Waals surface area contributed by atoms with Crippen LogP contribution in [0.2, 0.25) is 0 Å². The van der Waals surface area contributed by atoms with Gasteiger partial charge in [0.15, 0.2) is 0 Å². The standard InChI is InChI=1S/C8H8BrF3N4O2/c9-6-4(14-2-5(13)17)1-15-16(7(6)18)3-8(10,11)12/h1,14H,2-3H2,(H2,13,17). The SMILES string of the molecule is NC(=O)CNc1cnn(CC(F)(F)F)c(=O)c1Br. The summed E-state index contributed by atoms with van der Waals surface area (Å²) in [6.07, 6.45) is -3.54. The lowest BCUT2D eigenvalue weighted by Gasteiger charge is -2.11. The fourth-order valence-electron chi connectivity index (χ4n) is 1.05. The monoisotopic (exact) mass is 328 g/mol. The highest BCUT2D eigenvalue weighted by Crippen LogP contribution is 2.19. The van der Waals surface area contributed by atoms with Crippen LogP contribution in [0, 0.1) is 0 Å². The molecule has 0 aromatic carbocycles. The minimum absolute atomic E-state index is 0.0947. The first-order valence-corrected chi connectivity index (χ1v) is 5.34. The molecule has 0 atom stereocenters. The molecular weight excluding hydrogens is 321 g/mol. The van der Waals surface area contributed by atoms with E-state index in [1.165, 1.54) is 0 Å². The Kier molecular flexibility index (Phi) is 4.33. The molecule has 0 aliphatic rings. The number of primary amides is 1. The summed E-state index contributed by atoms with van der Waals surface area (Å²) in [4.78, 5) is 22.0. The van der Waals surface area contributed by atoms with E-state index in [1.54, 1.807) is 0 Å². The highest BCUT2D eigenvalue weighted by atomic mass is 79.9. The van der Waals surface area contributed by atoms with Crippen molar-refractivity contribution in [3.63, 3.8) is 0 Å². The highest BCUT2D eigenvalue weighted by molar-refractivity contribution is 9.10. The Bertz CT molecular complexity index is 514. The van der Waals surface area contributed by atoms with Gasteiger partial charge >= 0.3 is 6.18 Å². The van der Waals surface area contributed by atoms with Crippen LogP contribution in [0.15, 0.2) is 15.5 Å². The van der Waals surface area contributed by atoms with Crippen molar-refractivity contribution in [1.29, 1.82) is 0 Å². The molecule has 0 saturated carbocycles. The van der Waals surface area contributed by atoms with Crippen LogP contribution >= 0.6 is 15.9 Å². The number of carbonyl (C=O) groups is 1. The molecule has 0 radical (unpaired) electrons.